The van der Waals surface area contributed by atoms with Gasteiger partial charge in [0.2, 0.25) is 11.8 Å². The first-order chi connectivity index (χ1) is 15.6. The Labute approximate surface area is 187 Å². The molecule has 2 aromatic rings. The molecule has 3 rings (SSSR count). The zero-order valence-electron chi connectivity index (χ0n) is 17.8. The van der Waals surface area contributed by atoms with Crippen LogP contribution in [0.15, 0.2) is 36.5 Å². The first kappa shape index (κ1) is 23.8. The highest BCUT2D eigenvalue weighted by molar-refractivity contribution is 5.95. The fourth-order valence-electron chi connectivity index (χ4n) is 2.93. The highest BCUT2D eigenvalue weighted by Gasteiger charge is 2.51. The van der Waals surface area contributed by atoms with E-state index in [2.05, 4.69) is 15.6 Å². The number of halogens is 3. The Kier molecular flexibility index (Phi) is 6.76. The quantitative estimate of drug-likeness (QED) is 0.622. The van der Waals surface area contributed by atoms with E-state index in [1.165, 1.54) is 38.4 Å². The predicted octanol–water partition coefficient (Wildman–Crippen LogP) is 3.33. The van der Waals surface area contributed by atoms with Crippen LogP contribution in [-0.4, -0.2) is 29.4 Å². The molecule has 1 unspecified atom stereocenters. The highest BCUT2D eigenvalue weighted by atomic mass is 19.4. The minimum atomic E-state index is -4.64. The fraction of sp³-hybridized carbons (Fsp3) is 0.364. The molecule has 0 spiro atoms. The number of nitrogens with one attached hydrogen (secondary N) is 2. The molecule has 1 aliphatic rings. The third kappa shape index (κ3) is 5.71. The van der Waals surface area contributed by atoms with Gasteiger partial charge in [-0.2, -0.15) is 18.4 Å². The third-order valence-electron chi connectivity index (χ3n) is 5.08. The number of ether oxygens (including phenoxy) is 2. The number of rotatable bonds is 8. The molecule has 33 heavy (non-hydrogen) atoms. The number of benzene rings is 1. The van der Waals surface area contributed by atoms with Gasteiger partial charge in [-0.25, -0.2) is 0 Å². The second-order valence-corrected chi connectivity index (χ2v) is 7.55. The van der Waals surface area contributed by atoms with Gasteiger partial charge in [-0.05, 0) is 50.1 Å². The summed E-state index contributed by atoms with van der Waals surface area (Å²) in [6, 6.07) is 8.11. The number of nitrogens with zero attached hydrogens (tertiary/aromatic N) is 2. The summed E-state index contributed by atoms with van der Waals surface area (Å²) < 4.78 is 50.2. The Balaban J connectivity index is 1.61. The molecule has 1 aliphatic carbocycles. The molecule has 1 heterocycles. The molecule has 1 atom stereocenters. The van der Waals surface area contributed by atoms with Crippen molar-refractivity contribution in [2.24, 2.45) is 5.92 Å². The number of amides is 2. The van der Waals surface area contributed by atoms with Gasteiger partial charge < -0.3 is 20.1 Å². The first-order valence-electron chi connectivity index (χ1n) is 9.96. The van der Waals surface area contributed by atoms with Crippen molar-refractivity contribution in [2.45, 2.75) is 38.0 Å². The monoisotopic (exact) mass is 462 g/mol. The van der Waals surface area contributed by atoms with Crippen molar-refractivity contribution >= 4 is 11.8 Å². The van der Waals surface area contributed by atoms with Gasteiger partial charge >= 0.3 is 6.18 Å². The Morgan fingerprint density at radius 3 is 2.48 bits per heavy atom. The Hall–Kier alpha value is -3.81. The van der Waals surface area contributed by atoms with E-state index in [9.17, 15) is 22.8 Å². The molecule has 2 amide bonds. The lowest BCUT2D eigenvalue weighted by molar-refractivity contribution is -0.138. The predicted molar refractivity (Wildman–Crippen MR) is 109 cm³/mol. The van der Waals surface area contributed by atoms with Crippen LogP contribution >= 0.6 is 0 Å². The average Bonchev–Trinajstić information content (AvgIpc) is 3.57. The molecule has 0 aliphatic heterocycles. The maximum Gasteiger partial charge on any atom is 0.420 e. The van der Waals surface area contributed by atoms with Gasteiger partial charge in [0.05, 0.1) is 31.6 Å². The largest absolute Gasteiger partial charge is 0.497 e. The minimum absolute atomic E-state index is 0.0425. The summed E-state index contributed by atoms with van der Waals surface area (Å²) >= 11 is 0. The van der Waals surface area contributed by atoms with Crippen LogP contribution in [0.25, 0.3) is 0 Å². The van der Waals surface area contributed by atoms with Gasteiger partial charge in [-0.3, -0.25) is 14.6 Å². The smallest absolute Gasteiger partial charge is 0.420 e. The van der Waals surface area contributed by atoms with Crippen LogP contribution in [0.3, 0.4) is 0 Å². The third-order valence-corrected chi connectivity index (χ3v) is 5.08. The number of nitriles is 1. The van der Waals surface area contributed by atoms with Crippen molar-refractivity contribution in [3.8, 4) is 23.3 Å². The van der Waals surface area contributed by atoms with E-state index in [1.807, 2.05) is 6.07 Å². The Morgan fingerprint density at radius 2 is 1.94 bits per heavy atom. The van der Waals surface area contributed by atoms with Crippen LogP contribution in [0.5, 0.6) is 17.2 Å². The number of alkyl halides is 3. The second-order valence-electron chi connectivity index (χ2n) is 7.55. The molecule has 1 aromatic carbocycles. The van der Waals surface area contributed by atoms with Crippen LogP contribution in [0.1, 0.15) is 31.0 Å². The zero-order chi connectivity index (χ0) is 24.2. The number of hydrogen-bond acceptors (Lipinski definition) is 6. The van der Waals surface area contributed by atoms with Crippen LogP contribution in [0, 0.1) is 17.2 Å². The summed E-state index contributed by atoms with van der Waals surface area (Å²) in [7, 11) is 1.27. The minimum Gasteiger partial charge on any atom is -0.497 e. The zero-order valence-corrected chi connectivity index (χ0v) is 17.8. The summed E-state index contributed by atoms with van der Waals surface area (Å²) in [4.78, 5) is 28.5. The summed E-state index contributed by atoms with van der Waals surface area (Å²) in [5, 5.41) is 14.1. The number of pyridine rings is 1. The normalized spacial score (nSPS) is 15.0. The van der Waals surface area contributed by atoms with Crippen molar-refractivity contribution < 1.29 is 32.2 Å². The Bertz CT molecular complexity index is 1080. The standard InChI is InChI=1S/C22H21F3N4O4/c1-13(10-26)19(30)29-21(7-8-21)20(31)28-11-14-3-4-16(12-27-14)33-18-6-5-15(32-2)9-17(18)22(23,24)25/h3-6,9,12-13H,7-8,11H2,1-2H3,(H,28,31)(H,29,30). The number of methoxy groups -OCH3 is 1. The van der Waals surface area contributed by atoms with E-state index in [0.29, 0.717) is 18.5 Å². The van der Waals surface area contributed by atoms with Gasteiger partial charge in [0, 0.05) is 0 Å². The van der Waals surface area contributed by atoms with Gasteiger partial charge in [0.25, 0.3) is 0 Å². The summed E-state index contributed by atoms with van der Waals surface area (Å²) in [5.41, 5.74) is -1.57. The van der Waals surface area contributed by atoms with Crippen LogP contribution < -0.4 is 20.1 Å². The van der Waals surface area contributed by atoms with Crippen LogP contribution in [0.4, 0.5) is 13.2 Å². The van der Waals surface area contributed by atoms with E-state index in [1.54, 1.807) is 0 Å². The molecule has 1 aromatic heterocycles. The van der Waals surface area contributed by atoms with Crippen LogP contribution in [0.2, 0.25) is 0 Å². The van der Waals surface area contributed by atoms with E-state index in [4.69, 9.17) is 14.7 Å². The van der Waals surface area contributed by atoms with Gasteiger partial charge in [0.15, 0.2) is 0 Å². The summed E-state index contributed by atoms with van der Waals surface area (Å²) in [5.74, 6) is -2.04. The number of carbonyl (C=O) groups excluding carboxylic acids is 2. The molecule has 11 heteroatoms. The molecule has 0 radical (unpaired) electrons. The maximum absolute atomic E-state index is 13.3. The molecule has 0 bridgehead atoms. The lowest BCUT2D eigenvalue weighted by Crippen LogP contribution is -2.50. The lowest BCUT2D eigenvalue weighted by atomic mass is 10.1. The van der Waals surface area contributed by atoms with Gasteiger partial charge in [0.1, 0.15) is 34.3 Å². The number of hydrogen-bond donors (Lipinski definition) is 2. The fourth-order valence-corrected chi connectivity index (χ4v) is 2.93. The maximum atomic E-state index is 13.3. The Morgan fingerprint density at radius 1 is 1.24 bits per heavy atom. The van der Waals surface area contributed by atoms with E-state index >= 15 is 0 Å². The highest BCUT2D eigenvalue weighted by Crippen LogP contribution is 2.40. The molecule has 2 N–H and O–H groups in total. The molecule has 8 nitrogen and oxygen atoms in total. The molecule has 1 saturated carbocycles. The second kappa shape index (κ2) is 9.36. The topological polar surface area (TPSA) is 113 Å². The summed E-state index contributed by atoms with van der Waals surface area (Å²) in [6.07, 6.45) is -2.46. The average molecular weight is 462 g/mol. The van der Waals surface area contributed by atoms with Crippen molar-refractivity contribution in [2.75, 3.05) is 7.11 Å². The van der Waals surface area contributed by atoms with E-state index in [0.717, 1.165) is 12.1 Å². The van der Waals surface area contributed by atoms with E-state index in [-0.39, 0.29) is 18.0 Å². The van der Waals surface area contributed by atoms with Crippen molar-refractivity contribution in [1.29, 1.82) is 5.26 Å². The van der Waals surface area contributed by atoms with Crippen molar-refractivity contribution in [3.05, 3.63) is 47.8 Å². The number of carbonyl (C=O) groups is 2. The molecular weight excluding hydrogens is 441 g/mol. The van der Waals surface area contributed by atoms with Crippen molar-refractivity contribution in [3.63, 3.8) is 0 Å². The first-order valence-corrected chi connectivity index (χ1v) is 9.96. The molecule has 174 valence electrons. The molecule has 0 saturated heterocycles. The number of aromatic nitrogens is 1. The van der Waals surface area contributed by atoms with Gasteiger partial charge in [-0.1, -0.05) is 0 Å². The van der Waals surface area contributed by atoms with Gasteiger partial charge in [-0.15, -0.1) is 0 Å². The molecule has 1 fully saturated rings. The molecular formula is C22H21F3N4O4. The SMILES string of the molecule is COc1ccc(Oc2ccc(CNC(=O)C3(NC(=O)C(C)C#N)CC3)nc2)c(C(F)(F)F)c1. The summed E-state index contributed by atoms with van der Waals surface area (Å²) in [6.45, 7) is 1.49. The van der Waals surface area contributed by atoms with E-state index < -0.39 is 40.8 Å². The lowest BCUT2D eigenvalue weighted by Gasteiger charge is -2.18. The van der Waals surface area contributed by atoms with Crippen molar-refractivity contribution in [1.82, 2.24) is 15.6 Å². The van der Waals surface area contributed by atoms with Crippen LogP contribution in [-0.2, 0) is 22.3 Å².